The van der Waals surface area contributed by atoms with E-state index in [2.05, 4.69) is 10.1 Å². The number of methoxy groups -OCH3 is 1. The summed E-state index contributed by atoms with van der Waals surface area (Å²) in [5.74, 6) is 2.32. The number of ether oxygens (including phenoxy) is 2. The summed E-state index contributed by atoms with van der Waals surface area (Å²) in [4.78, 5) is 9.31. The Hall–Kier alpha value is -3.26. The van der Waals surface area contributed by atoms with Crippen LogP contribution in [-0.2, 0) is 11.2 Å². The molecule has 1 aliphatic heterocycles. The Labute approximate surface area is 161 Å². The fourth-order valence-electron chi connectivity index (χ4n) is 3.59. The van der Waals surface area contributed by atoms with Crippen LogP contribution in [0.2, 0.25) is 0 Å². The standard InChI is InChI=1S/C20H20N6O2/c1-27-17-6-3-2-5-14(17)11-18-23-20(25(24-18)15-8-10-28-13-15)16-12-21-19-7-4-9-22-26(16)19/h2-7,9,12,15H,8,10-11,13H2,1H3. The van der Waals surface area contributed by atoms with Gasteiger partial charge in [0.15, 0.2) is 17.3 Å². The zero-order chi connectivity index (χ0) is 18.9. The first kappa shape index (κ1) is 16.9. The van der Waals surface area contributed by atoms with Gasteiger partial charge in [-0.25, -0.2) is 19.2 Å². The molecule has 3 aromatic heterocycles. The third-order valence-electron chi connectivity index (χ3n) is 4.97. The van der Waals surface area contributed by atoms with Gasteiger partial charge in [-0.05, 0) is 24.6 Å². The van der Waals surface area contributed by atoms with Crippen LogP contribution in [0.15, 0.2) is 48.8 Å². The SMILES string of the molecule is COc1ccccc1Cc1nc(-c2cnc3cccnn23)n(C2CCOC2)n1. The first-order chi connectivity index (χ1) is 13.8. The second-order valence-electron chi connectivity index (χ2n) is 6.74. The molecule has 28 heavy (non-hydrogen) atoms. The normalized spacial score (nSPS) is 16.7. The van der Waals surface area contributed by atoms with Crippen molar-refractivity contribution in [2.24, 2.45) is 0 Å². The van der Waals surface area contributed by atoms with Crippen LogP contribution in [0.3, 0.4) is 0 Å². The molecular weight excluding hydrogens is 356 g/mol. The van der Waals surface area contributed by atoms with Crippen molar-refractivity contribution in [2.75, 3.05) is 20.3 Å². The second kappa shape index (κ2) is 7.05. The van der Waals surface area contributed by atoms with E-state index < -0.39 is 0 Å². The molecule has 0 N–H and O–H groups in total. The Morgan fingerprint density at radius 1 is 1.21 bits per heavy atom. The van der Waals surface area contributed by atoms with Gasteiger partial charge >= 0.3 is 0 Å². The van der Waals surface area contributed by atoms with Gasteiger partial charge in [0.1, 0.15) is 11.4 Å². The number of imidazole rings is 1. The topological polar surface area (TPSA) is 79.4 Å². The third-order valence-corrected chi connectivity index (χ3v) is 4.97. The fraction of sp³-hybridized carbons (Fsp3) is 0.300. The summed E-state index contributed by atoms with van der Waals surface area (Å²) in [6.07, 6.45) is 5.04. The van der Waals surface area contributed by atoms with Crippen LogP contribution in [0, 0.1) is 0 Å². The lowest BCUT2D eigenvalue weighted by Gasteiger charge is -2.10. The quantitative estimate of drug-likeness (QED) is 0.533. The van der Waals surface area contributed by atoms with Gasteiger partial charge in [-0.15, -0.1) is 0 Å². The van der Waals surface area contributed by atoms with E-state index in [1.807, 2.05) is 41.1 Å². The molecule has 0 spiro atoms. The number of para-hydroxylation sites is 1. The van der Waals surface area contributed by atoms with Gasteiger partial charge in [-0.3, -0.25) is 0 Å². The van der Waals surface area contributed by atoms with Crippen molar-refractivity contribution in [3.05, 3.63) is 60.2 Å². The van der Waals surface area contributed by atoms with Crippen LogP contribution in [0.25, 0.3) is 17.2 Å². The Bertz CT molecular complexity index is 1110. The minimum atomic E-state index is 0.156. The highest BCUT2D eigenvalue weighted by molar-refractivity contribution is 5.56. The molecular formula is C20H20N6O2. The number of fused-ring (bicyclic) bond motifs is 1. The van der Waals surface area contributed by atoms with Crippen molar-refractivity contribution in [3.8, 4) is 17.3 Å². The molecule has 5 rings (SSSR count). The second-order valence-corrected chi connectivity index (χ2v) is 6.74. The van der Waals surface area contributed by atoms with E-state index in [0.717, 1.165) is 47.3 Å². The van der Waals surface area contributed by atoms with Crippen molar-refractivity contribution in [3.63, 3.8) is 0 Å². The van der Waals surface area contributed by atoms with Gasteiger partial charge in [0, 0.05) is 24.8 Å². The van der Waals surface area contributed by atoms with Crippen LogP contribution in [0.5, 0.6) is 5.75 Å². The largest absolute Gasteiger partial charge is 0.496 e. The van der Waals surface area contributed by atoms with Crippen molar-refractivity contribution in [1.82, 2.24) is 29.4 Å². The average molecular weight is 376 g/mol. The molecule has 1 saturated heterocycles. The smallest absolute Gasteiger partial charge is 0.179 e. The predicted octanol–water partition coefficient (Wildman–Crippen LogP) is 2.55. The van der Waals surface area contributed by atoms with Crippen molar-refractivity contribution in [2.45, 2.75) is 18.9 Å². The van der Waals surface area contributed by atoms with E-state index >= 15 is 0 Å². The maximum atomic E-state index is 5.59. The maximum absolute atomic E-state index is 5.59. The minimum absolute atomic E-state index is 0.156. The first-order valence-corrected chi connectivity index (χ1v) is 9.27. The lowest BCUT2D eigenvalue weighted by molar-refractivity contribution is 0.184. The zero-order valence-corrected chi connectivity index (χ0v) is 15.5. The van der Waals surface area contributed by atoms with Gasteiger partial charge < -0.3 is 9.47 Å². The molecule has 0 amide bonds. The van der Waals surface area contributed by atoms with E-state index in [-0.39, 0.29) is 6.04 Å². The fourth-order valence-corrected chi connectivity index (χ4v) is 3.59. The number of hydrogen-bond donors (Lipinski definition) is 0. The van der Waals surface area contributed by atoms with Crippen LogP contribution in [0.4, 0.5) is 0 Å². The first-order valence-electron chi connectivity index (χ1n) is 9.27. The highest BCUT2D eigenvalue weighted by Gasteiger charge is 2.26. The van der Waals surface area contributed by atoms with Crippen LogP contribution in [0.1, 0.15) is 23.9 Å². The van der Waals surface area contributed by atoms with Crippen LogP contribution < -0.4 is 4.74 Å². The molecule has 1 unspecified atom stereocenters. The number of benzene rings is 1. The number of hydrogen-bond acceptors (Lipinski definition) is 6. The van der Waals surface area contributed by atoms with Gasteiger partial charge in [-0.1, -0.05) is 18.2 Å². The number of nitrogens with zero attached hydrogens (tertiary/aromatic N) is 6. The van der Waals surface area contributed by atoms with E-state index in [1.165, 1.54) is 0 Å². The van der Waals surface area contributed by atoms with Gasteiger partial charge in [-0.2, -0.15) is 10.2 Å². The minimum Gasteiger partial charge on any atom is -0.496 e. The summed E-state index contributed by atoms with van der Waals surface area (Å²) in [6, 6.07) is 11.9. The third kappa shape index (κ3) is 2.91. The summed E-state index contributed by atoms with van der Waals surface area (Å²) in [7, 11) is 1.68. The Morgan fingerprint density at radius 2 is 2.14 bits per heavy atom. The molecule has 1 aliphatic rings. The van der Waals surface area contributed by atoms with Crippen molar-refractivity contribution in [1.29, 1.82) is 0 Å². The molecule has 8 nitrogen and oxygen atoms in total. The van der Waals surface area contributed by atoms with E-state index in [9.17, 15) is 0 Å². The monoisotopic (exact) mass is 376 g/mol. The number of rotatable bonds is 5. The van der Waals surface area contributed by atoms with E-state index in [1.54, 1.807) is 24.0 Å². The lowest BCUT2D eigenvalue weighted by atomic mass is 10.1. The predicted molar refractivity (Wildman–Crippen MR) is 102 cm³/mol. The van der Waals surface area contributed by atoms with Gasteiger partial charge in [0.2, 0.25) is 0 Å². The Kier molecular flexibility index (Phi) is 4.25. The highest BCUT2D eigenvalue weighted by Crippen LogP contribution is 2.27. The van der Waals surface area contributed by atoms with E-state index in [0.29, 0.717) is 13.0 Å². The van der Waals surface area contributed by atoms with E-state index in [4.69, 9.17) is 19.6 Å². The summed E-state index contributed by atoms with van der Waals surface area (Å²) >= 11 is 0. The molecule has 4 aromatic rings. The Morgan fingerprint density at radius 3 is 3.00 bits per heavy atom. The summed E-state index contributed by atoms with van der Waals surface area (Å²) in [6.45, 7) is 1.37. The maximum Gasteiger partial charge on any atom is 0.179 e. The molecule has 0 radical (unpaired) electrons. The van der Waals surface area contributed by atoms with Crippen molar-refractivity contribution >= 4 is 5.65 Å². The molecule has 4 heterocycles. The zero-order valence-electron chi connectivity index (χ0n) is 15.5. The molecule has 0 bridgehead atoms. The molecule has 142 valence electrons. The molecule has 1 fully saturated rings. The van der Waals surface area contributed by atoms with Crippen LogP contribution in [-0.4, -0.2) is 49.7 Å². The molecule has 0 aliphatic carbocycles. The molecule has 8 heteroatoms. The average Bonchev–Trinajstić information content (AvgIpc) is 3.47. The molecule has 1 atom stereocenters. The van der Waals surface area contributed by atoms with Gasteiger partial charge in [0.05, 0.1) is 26.0 Å². The van der Waals surface area contributed by atoms with Crippen LogP contribution >= 0.6 is 0 Å². The van der Waals surface area contributed by atoms with Gasteiger partial charge in [0.25, 0.3) is 0 Å². The molecule has 0 saturated carbocycles. The molecule has 1 aromatic carbocycles. The summed E-state index contributed by atoms with van der Waals surface area (Å²) < 4.78 is 14.8. The summed E-state index contributed by atoms with van der Waals surface area (Å²) in [5, 5.41) is 9.25. The van der Waals surface area contributed by atoms with Crippen molar-refractivity contribution < 1.29 is 9.47 Å². The lowest BCUT2D eigenvalue weighted by Crippen LogP contribution is -2.13. The summed E-state index contributed by atoms with van der Waals surface area (Å²) in [5.41, 5.74) is 2.65. The number of aromatic nitrogens is 6. The Balaban J connectivity index is 1.60. The highest BCUT2D eigenvalue weighted by atomic mass is 16.5.